The fourth-order valence-corrected chi connectivity index (χ4v) is 4.14. The van der Waals surface area contributed by atoms with E-state index in [-0.39, 0.29) is 11.9 Å². The van der Waals surface area contributed by atoms with Gasteiger partial charge >= 0.3 is 0 Å². The molecule has 1 atom stereocenters. The number of amides is 1. The molecule has 4 nitrogen and oxygen atoms in total. The fraction of sp³-hybridized carbons (Fsp3) is 0.474. The first-order valence-corrected chi connectivity index (χ1v) is 9.49. The van der Waals surface area contributed by atoms with Crippen molar-refractivity contribution < 1.29 is 4.79 Å². The van der Waals surface area contributed by atoms with Gasteiger partial charge in [0.1, 0.15) is 9.88 Å². The van der Waals surface area contributed by atoms with E-state index in [1.807, 2.05) is 44.2 Å². The molecule has 0 radical (unpaired) electrons. The van der Waals surface area contributed by atoms with E-state index < -0.39 is 0 Å². The minimum absolute atomic E-state index is 0.00857. The molecule has 1 fully saturated rings. The van der Waals surface area contributed by atoms with E-state index in [0.29, 0.717) is 0 Å². The third-order valence-electron chi connectivity index (χ3n) is 4.50. The summed E-state index contributed by atoms with van der Waals surface area (Å²) in [6, 6.07) is 10.0. The molecule has 2 heterocycles. The van der Waals surface area contributed by atoms with Gasteiger partial charge in [0.15, 0.2) is 0 Å². The number of carbonyl (C=O) groups is 1. The number of carbonyl (C=O) groups excluding carboxylic acids is 1. The van der Waals surface area contributed by atoms with Gasteiger partial charge in [-0.15, -0.1) is 11.3 Å². The third-order valence-corrected chi connectivity index (χ3v) is 5.64. The average Bonchev–Trinajstić information content (AvgIpc) is 2.97. The molecule has 1 saturated heterocycles. The van der Waals surface area contributed by atoms with E-state index in [4.69, 9.17) is 0 Å². The fourth-order valence-electron chi connectivity index (χ4n) is 3.13. The molecule has 24 heavy (non-hydrogen) atoms. The Kier molecular flexibility index (Phi) is 5.63. The molecule has 2 aromatic rings. The number of piperidine rings is 1. The Balaban J connectivity index is 1.64. The summed E-state index contributed by atoms with van der Waals surface area (Å²) in [5, 5.41) is 4.14. The van der Waals surface area contributed by atoms with E-state index in [1.54, 1.807) is 0 Å². The number of benzene rings is 1. The van der Waals surface area contributed by atoms with E-state index in [2.05, 4.69) is 15.2 Å². The van der Waals surface area contributed by atoms with Crippen LogP contribution in [0.15, 0.2) is 30.3 Å². The molecule has 1 aliphatic rings. The van der Waals surface area contributed by atoms with Gasteiger partial charge in [0.25, 0.3) is 5.91 Å². The summed E-state index contributed by atoms with van der Waals surface area (Å²) < 4.78 is 0. The van der Waals surface area contributed by atoms with Crippen molar-refractivity contribution in [2.24, 2.45) is 0 Å². The predicted octanol–water partition coefficient (Wildman–Crippen LogP) is 3.93. The summed E-state index contributed by atoms with van der Waals surface area (Å²) in [7, 11) is 0. The monoisotopic (exact) mass is 343 g/mol. The topological polar surface area (TPSA) is 45.2 Å². The van der Waals surface area contributed by atoms with Gasteiger partial charge in [-0.2, -0.15) is 0 Å². The van der Waals surface area contributed by atoms with E-state index in [0.717, 1.165) is 40.8 Å². The Morgan fingerprint density at radius 1 is 1.25 bits per heavy atom. The van der Waals surface area contributed by atoms with E-state index in [9.17, 15) is 4.79 Å². The van der Waals surface area contributed by atoms with Crippen LogP contribution < -0.4 is 5.32 Å². The van der Waals surface area contributed by atoms with Crippen molar-refractivity contribution in [2.45, 2.75) is 45.7 Å². The smallest absolute Gasteiger partial charge is 0.263 e. The quantitative estimate of drug-likeness (QED) is 0.895. The molecule has 0 bridgehead atoms. The molecule has 128 valence electrons. The molecule has 0 spiro atoms. The molecule has 0 aliphatic carbocycles. The van der Waals surface area contributed by atoms with Crippen LogP contribution in [-0.2, 0) is 6.54 Å². The molecule has 1 unspecified atom stereocenters. The first-order valence-electron chi connectivity index (χ1n) is 8.68. The summed E-state index contributed by atoms with van der Waals surface area (Å²) >= 11 is 1.53. The summed E-state index contributed by atoms with van der Waals surface area (Å²) in [5.41, 5.74) is 1.95. The standard InChI is InChI=1S/C19H25N3OS/c1-14(16-9-5-3-6-10-16)21-19(23)18-15(2)20-17(24-18)13-22-11-7-4-8-12-22/h3,5-6,9-10,14H,4,7-8,11-13H2,1-2H3,(H,21,23). The van der Waals surface area contributed by atoms with Crippen molar-refractivity contribution in [1.82, 2.24) is 15.2 Å². The summed E-state index contributed by atoms with van der Waals surface area (Å²) in [6.07, 6.45) is 3.87. The molecule has 1 aromatic heterocycles. The van der Waals surface area contributed by atoms with Crippen LogP contribution in [0.3, 0.4) is 0 Å². The summed E-state index contributed by atoms with van der Waals surface area (Å²) in [4.78, 5) is 20.4. The molecule has 3 rings (SSSR count). The molecule has 1 aliphatic heterocycles. The minimum Gasteiger partial charge on any atom is -0.345 e. The highest BCUT2D eigenvalue weighted by Crippen LogP contribution is 2.22. The first kappa shape index (κ1) is 17.1. The SMILES string of the molecule is Cc1nc(CN2CCCCC2)sc1C(=O)NC(C)c1ccccc1. The van der Waals surface area contributed by atoms with Crippen LogP contribution in [-0.4, -0.2) is 28.9 Å². The van der Waals surface area contributed by atoms with Crippen molar-refractivity contribution in [3.05, 3.63) is 51.5 Å². The van der Waals surface area contributed by atoms with Crippen LogP contribution in [0.1, 0.15) is 58.2 Å². The number of aryl methyl sites for hydroxylation is 1. The lowest BCUT2D eigenvalue weighted by Gasteiger charge is -2.25. The van der Waals surface area contributed by atoms with E-state index in [1.165, 1.54) is 30.6 Å². The molecule has 0 saturated carbocycles. The Morgan fingerprint density at radius 3 is 2.67 bits per heavy atom. The van der Waals surface area contributed by atoms with Gasteiger partial charge in [0.05, 0.1) is 18.3 Å². The summed E-state index contributed by atoms with van der Waals surface area (Å²) in [6.45, 7) is 7.10. The number of rotatable bonds is 5. The molecule has 5 heteroatoms. The number of nitrogens with zero attached hydrogens (tertiary/aromatic N) is 2. The average molecular weight is 343 g/mol. The summed E-state index contributed by atoms with van der Waals surface area (Å²) in [5.74, 6) is -0.0220. The van der Waals surface area contributed by atoms with Crippen molar-refractivity contribution in [2.75, 3.05) is 13.1 Å². The second-order valence-corrected chi connectivity index (χ2v) is 7.55. The number of nitrogens with one attached hydrogen (secondary N) is 1. The Bertz CT molecular complexity index is 677. The van der Waals surface area contributed by atoms with Gasteiger partial charge in [0, 0.05) is 0 Å². The van der Waals surface area contributed by atoms with Crippen LogP contribution in [0, 0.1) is 6.92 Å². The van der Waals surface area contributed by atoms with Gasteiger partial charge in [-0.25, -0.2) is 4.98 Å². The number of thiazole rings is 1. The van der Waals surface area contributed by atoms with Crippen molar-refractivity contribution in [3.63, 3.8) is 0 Å². The normalized spacial score (nSPS) is 16.8. The lowest BCUT2D eigenvalue weighted by atomic mass is 10.1. The molecular formula is C19H25N3OS. The maximum Gasteiger partial charge on any atom is 0.263 e. The zero-order chi connectivity index (χ0) is 16.9. The Labute approximate surface area is 147 Å². The Morgan fingerprint density at radius 2 is 1.96 bits per heavy atom. The van der Waals surface area contributed by atoms with Crippen LogP contribution in [0.25, 0.3) is 0 Å². The van der Waals surface area contributed by atoms with Crippen LogP contribution in [0.2, 0.25) is 0 Å². The zero-order valence-electron chi connectivity index (χ0n) is 14.4. The van der Waals surface area contributed by atoms with Crippen molar-refractivity contribution in [1.29, 1.82) is 0 Å². The van der Waals surface area contributed by atoms with Gasteiger partial charge in [0.2, 0.25) is 0 Å². The molecule has 1 N–H and O–H groups in total. The van der Waals surface area contributed by atoms with Gasteiger partial charge < -0.3 is 5.32 Å². The predicted molar refractivity (Wildman–Crippen MR) is 98.3 cm³/mol. The highest BCUT2D eigenvalue weighted by molar-refractivity contribution is 7.13. The highest BCUT2D eigenvalue weighted by atomic mass is 32.1. The van der Waals surface area contributed by atoms with Crippen LogP contribution >= 0.6 is 11.3 Å². The maximum absolute atomic E-state index is 12.6. The maximum atomic E-state index is 12.6. The first-order chi connectivity index (χ1) is 11.6. The van der Waals surface area contributed by atoms with Crippen molar-refractivity contribution in [3.8, 4) is 0 Å². The zero-order valence-corrected chi connectivity index (χ0v) is 15.2. The molecule has 1 amide bonds. The second kappa shape index (κ2) is 7.90. The van der Waals surface area contributed by atoms with Gasteiger partial charge in [-0.3, -0.25) is 9.69 Å². The van der Waals surface area contributed by atoms with E-state index >= 15 is 0 Å². The van der Waals surface area contributed by atoms with Gasteiger partial charge in [-0.05, 0) is 45.3 Å². The number of likely N-dealkylation sites (tertiary alicyclic amines) is 1. The largest absolute Gasteiger partial charge is 0.345 e. The van der Waals surface area contributed by atoms with Crippen molar-refractivity contribution >= 4 is 17.2 Å². The minimum atomic E-state index is -0.0220. The molecule has 1 aromatic carbocycles. The Hall–Kier alpha value is -1.72. The van der Waals surface area contributed by atoms with Crippen LogP contribution in [0.5, 0.6) is 0 Å². The number of hydrogen-bond acceptors (Lipinski definition) is 4. The van der Waals surface area contributed by atoms with Gasteiger partial charge in [-0.1, -0.05) is 36.8 Å². The molecular weight excluding hydrogens is 318 g/mol. The number of hydrogen-bond donors (Lipinski definition) is 1. The van der Waals surface area contributed by atoms with Crippen LogP contribution in [0.4, 0.5) is 0 Å². The lowest BCUT2D eigenvalue weighted by Crippen LogP contribution is -2.29. The lowest BCUT2D eigenvalue weighted by molar-refractivity contribution is 0.0943. The highest BCUT2D eigenvalue weighted by Gasteiger charge is 2.19. The third kappa shape index (κ3) is 4.22. The number of aromatic nitrogens is 1. The second-order valence-electron chi connectivity index (χ2n) is 6.46.